The summed E-state index contributed by atoms with van der Waals surface area (Å²) in [5.74, 6) is -1.14. The molecule has 1 N–H and O–H groups in total. The van der Waals surface area contributed by atoms with Gasteiger partial charge < -0.3 is 19.4 Å². The fourth-order valence-electron chi connectivity index (χ4n) is 2.28. The molecule has 1 aliphatic rings. The monoisotopic (exact) mass is 386 g/mol. The van der Waals surface area contributed by atoms with Crippen molar-refractivity contribution in [1.82, 2.24) is 10.2 Å². The first kappa shape index (κ1) is 17.5. The first-order valence-electron chi connectivity index (χ1n) is 7.52. The summed E-state index contributed by atoms with van der Waals surface area (Å²) < 4.78 is 10.8. The summed E-state index contributed by atoms with van der Waals surface area (Å²) in [7, 11) is 0. The Morgan fingerprint density at radius 1 is 1.48 bits per heavy atom. The average Bonchev–Trinajstić information content (AvgIpc) is 2.95. The van der Waals surface area contributed by atoms with Crippen molar-refractivity contribution in [3.05, 3.63) is 22.6 Å². The van der Waals surface area contributed by atoms with Crippen LogP contribution in [0.1, 0.15) is 36.7 Å². The van der Waals surface area contributed by atoms with Crippen molar-refractivity contribution in [3.8, 4) is 0 Å². The molecule has 0 spiro atoms. The molecule has 1 saturated heterocycles. The fraction of sp³-hybridized carbons (Fsp3) is 0.533. The van der Waals surface area contributed by atoms with Gasteiger partial charge in [0.05, 0.1) is 13.0 Å². The highest BCUT2D eigenvalue weighted by molar-refractivity contribution is 9.10. The largest absolute Gasteiger partial charge is 0.466 e. The molecule has 2 rings (SSSR count). The van der Waals surface area contributed by atoms with Gasteiger partial charge in [0.1, 0.15) is 6.04 Å². The van der Waals surface area contributed by atoms with Gasteiger partial charge in [0.15, 0.2) is 10.4 Å². The minimum atomic E-state index is -0.880. The van der Waals surface area contributed by atoms with Crippen molar-refractivity contribution in [3.63, 3.8) is 0 Å². The third kappa shape index (κ3) is 4.57. The maximum absolute atomic E-state index is 12.5. The Hall–Kier alpha value is -1.83. The molecular weight excluding hydrogens is 368 g/mol. The molecule has 1 atom stereocenters. The number of nitrogens with zero attached hydrogens (tertiary/aromatic N) is 1. The van der Waals surface area contributed by atoms with Crippen LogP contribution in [-0.2, 0) is 14.3 Å². The van der Waals surface area contributed by atoms with Crippen LogP contribution in [0.25, 0.3) is 0 Å². The number of nitrogens with one attached hydrogen (secondary N) is 1. The van der Waals surface area contributed by atoms with Crippen LogP contribution in [-0.4, -0.2) is 48.4 Å². The molecule has 0 aliphatic carbocycles. The van der Waals surface area contributed by atoms with Gasteiger partial charge in [-0.3, -0.25) is 14.4 Å². The van der Waals surface area contributed by atoms with Crippen molar-refractivity contribution in [2.45, 2.75) is 32.2 Å². The molecule has 1 aromatic heterocycles. The van der Waals surface area contributed by atoms with Crippen LogP contribution in [0.4, 0.5) is 0 Å². The molecular formula is C15H19BrN2O5. The minimum Gasteiger partial charge on any atom is -0.466 e. The summed E-state index contributed by atoms with van der Waals surface area (Å²) in [5.41, 5.74) is 0. The number of furan rings is 1. The number of esters is 1. The predicted molar refractivity (Wildman–Crippen MR) is 84.7 cm³/mol. The van der Waals surface area contributed by atoms with Crippen molar-refractivity contribution in [2.24, 2.45) is 0 Å². The lowest BCUT2D eigenvalue weighted by Crippen LogP contribution is -2.57. The standard InChI is InChI=1S/C15H19BrN2O5/c1-2-3-8-22-13(19)9-10-14(20)17-6-7-18(10)15(21)11-4-5-12(16)23-11/h4-5,10H,2-3,6-9H2,1H3,(H,17,20). The van der Waals surface area contributed by atoms with E-state index in [1.165, 1.54) is 11.0 Å². The number of amides is 2. The van der Waals surface area contributed by atoms with E-state index in [1.54, 1.807) is 6.07 Å². The van der Waals surface area contributed by atoms with Gasteiger partial charge in [0, 0.05) is 13.1 Å². The lowest BCUT2D eigenvalue weighted by Gasteiger charge is -2.33. The number of hydrogen-bond acceptors (Lipinski definition) is 5. The van der Waals surface area contributed by atoms with Gasteiger partial charge in [0.2, 0.25) is 5.91 Å². The molecule has 1 aliphatic heterocycles. The van der Waals surface area contributed by atoms with Gasteiger partial charge in [-0.2, -0.15) is 0 Å². The van der Waals surface area contributed by atoms with E-state index in [0.717, 1.165) is 12.8 Å². The zero-order valence-electron chi connectivity index (χ0n) is 12.8. The summed E-state index contributed by atoms with van der Waals surface area (Å²) in [6.07, 6.45) is 1.52. The molecule has 0 radical (unpaired) electrons. The Kier molecular flexibility index (Phi) is 6.20. The normalized spacial score (nSPS) is 17.7. The molecule has 0 saturated carbocycles. The number of unbranched alkanes of at least 4 members (excludes halogenated alkanes) is 1. The summed E-state index contributed by atoms with van der Waals surface area (Å²) in [5, 5.41) is 2.67. The fourth-order valence-corrected chi connectivity index (χ4v) is 2.59. The van der Waals surface area contributed by atoms with E-state index in [-0.39, 0.29) is 18.1 Å². The van der Waals surface area contributed by atoms with E-state index in [9.17, 15) is 14.4 Å². The SMILES string of the molecule is CCCCOC(=O)CC1C(=O)NCCN1C(=O)c1ccc(Br)o1. The predicted octanol–water partition coefficient (Wildman–Crippen LogP) is 1.72. The Morgan fingerprint density at radius 2 is 2.26 bits per heavy atom. The highest BCUT2D eigenvalue weighted by atomic mass is 79.9. The summed E-state index contributed by atoms with van der Waals surface area (Å²) >= 11 is 3.14. The summed E-state index contributed by atoms with van der Waals surface area (Å²) in [6, 6.07) is 2.25. The van der Waals surface area contributed by atoms with Gasteiger partial charge >= 0.3 is 5.97 Å². The lowest BCUT2D eigenvalue weighted by atomic mass is 10.1. The maximum Gasteiger partial charge on any atom is 0.308 e. The van der Waals surface area contributed by atoms with Gasteiger partial charge in [-0.15, -0.1) is 0 Å². The molecule has 23 heavy (non-hydrogen) atoms. The lowest BCUT2D eigenvalue weighted by molar-refractivity contribution is -0.147. The van der Waals surface area contributed by atoms with Crippen molar-refractivity contribution < 1.29 is 23.5 Å². The number of carbonyl (C=O) groups excluding carboxylic acids is 3. The number of ether oxygens (including phenoxy) is 1. The van der Waals surface area contributed by atoms with E-state index in [4.69, 9.17) is 9.15 Å². The van der Waals surface area contributed by atoms with Crippen molar-refractivity contribution >= 4 is 33.7 Å². The zero-order chi connectivity index (χ0) is 16.8. The second-order valence-electron chi connectivity index (χ2n) is 5.19. The van der Waals surface area contributed by atoms with Crippen LogP contribution in [0.2, 0.25) is 0 Å². The maximum atomic E-state index is 12.5. The number of halogens is 1. The van der Waals surface area contributed by atoms with E-state index in [2.05, 4.69) is 21.2 Å². The number of rotatable bonds is 6. The van der Waals surface area contributed by atoms with Crippen molar-refractivity contribution in [2.75, 3.05) is 19.7 Å². The molecule has 7 nitrogen and oxygen atoms in total. The summed E-state index contributed by atoms with van der Waals surface area (Å²) in [6.45, 7) is 2.97. The van der Waals surface area contributed by atoms with Crippen LogP contribution >= 0.6 is 15.9 Å². The zero-order valence-corrected chi connectivity index (χ0v) is 14.4. The molecule has 1 unspecified atom stereocenters. The van der Waals surface area contributed by atoms with E-state index in [1.807, 2.05) is 6.92 Å². The first-order valence-corrected chi connectivity index (χ1v) is 8.32. The molecule has 0 bridgehead atoms. The van der Waals surface area contributed by atoms with Crippen molar-refractivity contribution in [1.29, 1.82) is 0 Å². The number of piperazine rings is 1. The highest BCUT2D eigenvalue weighted by Gasteiger charge is 2.36. The third-order valence-electron chi connectivity index (χ3n) is 3.50. The Morgan fingerprint density at radius 3 is 2.91 bits per heavy atom. The Labute approximate surface area is 142 Å². The van der Waals surface area contributed by atoms with Gasteiger partial charge in [0.25, 0.3) is 5.91 Å². The second-order valence-corrected chi connectivity index (χ2v) is 5.97. The molecule has 1 fully saturated rings. The molecule has 2 amide bonds. The Bertz CT molecular complexity index is 586. The van der Waals surface area contributed by atoms with Crippen LogP contribution in [0.5, 0.6) is 0 Å². The number of hydrogen-bond donors (Lipinski definition) is 1. The third-order valence-corrected chi connectivity index (χ3v) is 3.92. The van der Waals surface area contributed by atoms with Gasteiger partial charge in [-0.25, -0.2) is 0 Å². The topological polar surface area (TPSA) is 88.9 Å². The average molecular weight is 387 g/mol. The van der Waals surface area contributed by atoms with Gasteiger partial charge in [-0.05, 0) is 34.5 Å². The molecule has 8 heteroatoms. The van der Waals surface area contributed by atoms with E-state index >= 15 is 0 Å². The highest BCUT2D eigenvalue weighted by Crippen LogP contribution is 2.19. The summed E-state index contributed by atoms with van der Waals surface area (Å²) in [4.78, 5) is 37.8. The smallest absolute Gasteiger partial charge is 0.308 e. The first-order chi connectivity index (χ1) is 11.0. The van der Waals surface area contributed by atoms with Crippen LogP contribution in [0, 0.1) is 0 Å². The van der Waals surface area contributed by atoms with E-state index < -0.39 is 17.9 Å². The number of carbonyl (C=O) groups is 3. The quantitative estimate of drug-likeness (QED) is 0.593. The van der Waals surface area contributed by atoms with E-state index in [0.29, 0.717) is 24.4 Å². The Balaban J connectivity index is 2.05. The van der Waals surface area contributed by atoms with Crippen LogP contribution in [0.15, 0.2) is 21.2 Å². The molecule has 0 aromatic carbocycles. The van der Waals surface area contributed by atoms with Crippen LogP contribution < -0.4 is 5.32 Å². The molecule has 1 aromatic rings. The minimum absolute atomic E-state index is 0.121. The second kappa shape index (κ2) is 8.14. The molecule has 126 valence electrons. The molecule has 2 heterocycles. The van der Waals surface area contributed by atoms with Gasteiger partial charge in [-0.1, -0.05) is 13.3 Å². The van der Waals surface area contributed by atoms with Crippen LogP contribution in [0.3, 0.4) is 0 Å².